The van der Waals surface area contributed by atoms with Crippen molar-refractivity contribution < 1.29 is 104 Å². The number of H-pyrrole nitrogens is 2. The summed E-state index contributed by atoms with van der Waals surface area (Å²) in [4.78, 5) is 114. The van der Waals surface area contributed by atoms with Gasteiger partial charge in [-0.25, -0.2) is 43.0 Å². The molecule has 3 saturated heterocycles. The maximum Gasteiger partial charge on any atom is 0.490 e. The zero-order valence-electron chi connectivity index (χ0n) is 41.6. The Morgan fingerprint density at radius 1 is 0.787 bits per heavy atom. The normalized spacial score (nSPS) is 29.2. The molecule has 15 N–H and O–H groups in total. The van der Waals surface area contributed by atoms with Gasteiger partial charge in [-0.15, -0.1) is 0 Å². The van der Waals surface area contributed by atoms with E-state index < -0.39 is 141 Å². The van der Waals surface area contributed by atoms with Gasteiger partial charge in [-0.05, 0) is 0 Å². The van der Waals surface area contributed by atoms with Gasteiger partial charge in [-0.1, -0.05) is 4.98 Å². The van der Waals surface area contributed by atoms with Gasteiger partial charge in [0.2, 0.25) is 17.7 Å². The Hall–Kier alpha value is -5.80. The van der Waals surface area contributed by atoms with Crippen molar-refractivity contribution in [3.8, 4) is 0 Å². The van der Waals surface area contributed by atoms with Crippen molar-refractivity contribution >= 4 is 88.3 Å². The Morgan fingerprint density at radius 3 is 2.05 bits per heavy atom. The van der Waals surface area contributed by atoms with Gasteiger partial charge in [0.05, 0.1) is 57.4 Å². The maximum absolute atomic E-state index is 14.4. The van der Waals surface area contributed by atoms with Crippen LogP contribution in [0, 0.1) is 5.92 Å². The molecule has 3 aliphatic heterocycles. The summed E-state index contributed by atoms with van der Waals surface area (Å²) >= 11 is 0. The fourth-order valence-electron chi connectivity index (χ4n) is 9.18. The Balaban J connectivity index is 0.895. The Bertz CT molecular complexity index is 3650. The lowest BCUT2D eigenvalue weighted by Gasteiger charge is -2.35. The van der Waals surface area contributed by atoms with Gasteiger partial charge >= 0.3 is 35.1 Å². The number of aryl methyl sites for hydroxylation is 1. The number of anilines is 3. The third kappa shape index (κ3) is 11.7. The number of nitrogen functional groups attached to an aromatic ring is 3. The summed E-state index contributed by atoms with van der Waals surface area (Å²) in [5.41, 5.74) is 13.4. The average molecular weight is 1210 g/mol. The molecule has 6 aromatic rings. The highest BCUT2D eigenvalue weighted by atomic mass is 31.3. The van der Waals surface area contributed by atoms with Crippen molar-refractivity contribution in [3.05, 3.63) is 46.0 Å². The number of nitrogens with one attached hydrogen (secondary N) is 3. The summed E-state index contributed by atoms with van der Waals surface area (Å²) in [6.45, 7) is -3.83. The van der Waals surface area contributed by atoms with E-state index >= 15 is 0 Å². The number of phosphoric ester groups is 2. The second-order valence-electron chi connectivity index (χ2n) is 18.2. The van der Waals surface area contributed by atoms with Gasteiger partial charge in [-0.2, -0.15) is 13.6 Å². The zero-order valence-corrected chi connectivity index (χ0v) is 45.2. The molecule has 0 aliphatic carbocycles. The molecule has 9 rings (SSSR count). The number of nitrogens with two attached hydrogens (primary N) is 3. The molecule has 6 aromatic heterocycles. The van der Waals surface area contributed by atoms with Crippen LogP contribution in [-0.4, -0.2) is 190 Å². The van der Waals surface area contributed by atoms with Crippen LogP contribution in [0.5, 0.6) is 0 Å². The number of carbonyl (C=O) groups excluding carboxylic acids is 1. The van der Waals surface area contributed by atoms with Crippen LogP contribution in [0.15, 0.2) is 34.9 Å². The quantitative estimate of drug-likeness (QED) is 0.0252. The molecule has 80 heavy (non-hydrogen) atoms. The highest BCUT2D eigenvalue weighted by Crippen LogP contribution is 2.68. The van der Waals surface area contributed by atoms with Crippen LogP contribution in [0.2, 0.25) is 0 Å². The maximum atomic E-state index is 14.4. The standard InChI is InChI=1S/C36H51N17O23P4/c1-49(2)36(59)40-5-13-14(72-31(20(13)54)53-12-50(3)19-28(53)46-35(39)48-30(19)58)6-70-78(62,63)75-80(66,67)76-79(64,65)71-8-16-24(23(68-4)33(74-16)51-10-43-17-25(37)41-9-42-26(17)51)77(60,61)69-7-15-21(55)22(56)32(73-15)52-11-44-18-27(52)45-34(38)47-29(18)57/h9-16,20-24,31-33,54-56H,5-8H2,1-4H3,(H12-,37,38,39,40,41,42,45,46,47,48,57,58,59,60,61,62,63,64,65,66,67)/t13-,14-,15-,16-,20-,21-,22-,23-,24-,31-,32-,33-/m1/s1. The van der Waals surface area contributed by atoms with Crippen LogP contribution in [0.25, 0.3) is 33.5 Å². The SMILES string of the molecule is CO[C@@H]1[C@H](P(=O)([O-])OC[C@H]2O[C@@H](n3cnc4c(=O)[nH]c(N)nc43)[C@H](O)[C@@H]2O)[C@@H](COP(=O)(O)OP(=O)(O)OP(=O)(O)OC[C@H]2O[C@@H]([n+]3cn(C)c4c(=O)[nH]c(N)nc43)[C@H](O)[C@@H]2CNC(=O)N(C)C)O[C@H]1n1cnc2c(N)ncnc21. The molecule has 3 aliphatic rings. The van der Waals surface area contributed by atoms with Crippen LogP contribution in [0.4, 0.5) is 22.5 Å². The molecule has 2 amide bonds. The molecule has 0 bridgehead atoms. The molecule has 438 valence electrons. The smallest absolute Gasteiger partial charge is 0.490 e. The van der Waals surface area contributed by atoms with E-state index in [1.807, 2.05) is 0 Å². The van der Waals surface area contributed by atoms with E-state index in [1.54, 1.807) is 0 Å². The molecule has 0 saturated carbocycles. The van der Waals surface area contributed by atoms with Crippen LogP contribution >= 0.6 is 31.1 Å². The van der Waals surface area contributed by atoms with Crippen LogP contribution < -0.4 is 43.1 Å². The average Bonchev–Trinajstić information content (AvgIpc) is 4.22. The number of fused-ring (bicyclic) bond motifs is 3. The number of aromatic nitrogens is 12. The van der Waals surface area contributed by atoms with Crippen LogP contribution in [-0.2, 0) is 66.4 Å². The molecule has 0 radical (unpaired) electrons. The number of methoxy groups -OCH3 is 1. The van der Waals surface area contributed by atoms with E-state index in [0.29, 0.717) is 0 Å². The van der Waals surface area contributed by atoms with E-state index in [4.69, 9.17) is 49.7 Å². The van der Waals surface area contributed by atoms with Crippen molar-refractivity contribution in [2.24, 2.45) is 13.0 Å². The van der Waals surface area contributed by atoms with E-state index in [0.717, 1.165) is 40.1 Å². The molecular weight excluding hydrogens is 1160 g/mol. The monoisotopic (exact) mass is 1210 g/mol. The molecule has 0 aromatic carbocycles. The van der Waals surface area contributed by atoms with Gasteiger partial charge < -0.3 is 90.3 Å². The number of carbonyl (C=O) groups is 1. The first-order valence-electron chi connectivity index (χ1n) is 23.1. The summed E-state index contributed by atoms with van der Waals surface area (Å²) in [6, 6.07) is -0.640. The van der Waals surface area contributed by atoms with Crippen molar-refractivity contribution in [1.82, 2.24) is 63.8 Å². The number of phosphoric acid groups is 3. The molecule has 16 atom stereocenters. The number of rotatable bonds is 20. The van der Waals surface area contributed by atoms with E-state index in [2.05, 4.69) is 53.8 Å². The number of aliphatic hydroxyl groups excluding tert-OH is 3. The zero-order chi connectivity index (χ0) is 58.1. The number of nitrogens with zero attached hydrogens (tertiary/aromatic N) is 11. The van der Waals surface area contributed by atoms with Crippen molar-refractivity contribution in [2.75, 3.05) is 64.8 Å². The summed E-state index contributed by atoms with van der Waals surface area (Å²) < 4.78 is 106. The molecule has 3 fully saturated rings. The molecular formula is C36H51N17O23P4. The van der Waals surface area contributed by atoms with Gasteiger partial charge in [0.1, 0.15) is 50.0 Å². The highest BCUT2D eigenvalue weighted by molar-refractivity contribution is 7.66. The summed E-state index contributed by atoms with van der Waals surface area (Å²) in [5, 5.41) is 36.0. The second-order valence-corrected chi connectivity index (χ2v) is 24.8. The van der Waals surface area contributed by atoms with Gasteiger partial charge in [0.15, 0.2) is 41.4 Å². The third-order valence-electron chi connectivity index (χ3n) is 12.8. The van der Waals surface area contributed by atoms with E-state index in [1.165, 1.54) is 36.6 Å². The predicted molar refractivity (Wildman–Crippen MR) is 260 cm³/mol. The van der Waals surface area contributed by atoms with Crippen molar-refractivity contribution in [2.45, 2.75) is 67.1 Å². The van der Waals surface area contributed by atoms with Crippen LogP contribution in [0.3, 0.4) is 0 Å². The fourth-order valence-corrected chi connectivity index (χ4v) is 14.4. The minimum atomic E-state index is -6.27. The lowest BCUT2D eigenvalue weighted by molar-refractivity contribution is -0.745. The molecule has 0 spiro atoms. The molecule has 9 heterocycles. The minimum absolute atomic E-state index is 0.00987. The van der Waals surface area contributed by atoms with Crippen LogP contribution in [0.1, 0.15) is 18.7 Å². The minimum Gasteiger partial charge on any atom is -0.778 e. The lowest BCUT2D eigenvalue weighted by Crippen LogP contribution is -2.47. The molecule has 44 heteroatoms. The van der Waals surface area contributed by atoms with E-state index in [-0.39, 0.29) is 57.8 Å². The van der Waals surface area contributed by atoms with Gasteiger partial charge in [-0.3, -0.25) is 42.3 Å². The summed E-state index contributed by atoms with van der Waals surface area (Å²) in [5.74, 6) is -1.95. The Morgan fingerprint density at radius 2 is 1.39 bits per heavy atom. The molecule has 40 nitrogen and oxygen atoms in total. The number of imidazole rings is 3. The topological polar surface area (TPSA) is 568 Å². The van der Waals surface area contributed by atoms with Crippen molar-refractivity contribution in [1.29, 1.82) is 0 Å². The summed E-state index contributed by atoms with van der Waals surface area (Å²) in [7, 11) is -18.4. The predicted octanol–water partition coefficient (Wildman–Crippen LogP) is -4.75. The second kappa shape index (κ2) is 22.2. The van der Waals surface area contributed by atoms with E-state index in [9.17, 15) is 67.5 Å². The lowest BCUT2D eigenvalue weighted by atomic mass is 9.98. The van der Waals surface area contributed by atoms with Gasteiger partial charge in [0, 0.05) is 33.7 Å². The van der Waals surface area contributed by atoms with Gasteiger partial charge in [0.25, 0.3) is 17.1 Å². The Kier molecular flexibility index (Phi) is 16.3. The number of aliphatic hydroxyl groups is 3. The largest absolute Gasteiger partial charge is 0.778 e. The number of amides is 2. The number of hydrogen-bond acceptors (Lipinski definition) is 29. The number of aromatic amines is 2. The molecule has 4 unspecified atom stereocenters. The first-order chi connectivity index (χ1) is 37.5. The first kappa shape index (κ1) is 58.8. The highest BCUT2D eigenvalue weighted by Gasteiger charge is 2.55. The fraction of sp³-hybridized carbons (Fsp3) is 0.556. The summed E-state index contributed by atoms with van der Waals surface area (Å²) in [6.07, 6.45) is -12.1. The number of hydrogen-bond donors (Lipinski definition) is 12. The number of ether oxygens (including phenoxy) is 4. The third-order valence-corrected chi connectivity index (χ3v) is 18.9. The Labute approximate surface area is 445 Å². The van der Waals surface area contributed by atoms with Crippen molar-refractivity contribution in [3.63, 3.8) is 0 Å². The first-order valence-corrected chi connectivity index (χ1v) is 29.1. The number of urea groups is 1.